The Morgan fingerprint density at radius 2 is 1.12 bits per heavy atom. The highest BCUT2D eigenvalue weighted by Gasteiger charge is 1.13. The summed E-state index contributed by atoms with van der Waals surface area (Å²) < 4.78 is 0. The molecular weight excluding hydrogens is 116 g/mol. The number of carbonyl (C=O) groups is 1. The van der Waals surface area contributed by atoms with Crippen molar-refractivity contribution in [3.05, 3.63) is 4.91 Å². The fraction of sp³-hybridized carbons (Fsp3) is 0. The van der Waals surface area contributed by atoms with Gasteiger partial charge >= 0.3 is 6.15 Å². The molecule has 0 aromatic rings. The van der Waals surface area contributed by atoms with Crippen molar-refractivity contribution in [2.75, 3.05) is 0 Å². The molecule has 0 aliphatic carbocycles. The van der Waals surface area contributed by atoms with Crippen molar-refractivity contribution in [2.45, 2.75) is 0 Å². The number of nitroso groups, excluding NO2 is 1. The SMILES string of the molecule is C=O.N.N=O.O=C=O. The van der Waals surface area contributed by atoms with Crippen molar-refractivity contribution in [1.82, 2.24) is 6.15 Å². The lowest BCUT2D eigenvalue weighted by atomic mass is 11.8. The molecule has 0 aromatic carbocycles. The quantitative estimate of drug-likeness (QED) is 0.427. The summed E-state index contributed by atoms with van der Waals surface area (Å²) in [6.07, 6.45) is 0.250. The molecule has 8 heavy (non-hydrogen) atoms. The van der Waals surface area contributed by atoms with Crippen LogP contribution in [0.15, 0.2) is 0 Å². The van der Waals surface area contributed by atoms with Crippen LogP contribution in [0.4, 0.5) is 0 Å². The van der Waals surface area contributed by atoms with Crippen LogP contribution in [-0.4, -0.2) is 12.9 Å². The Morgan fingerprint density at radius 3 is 1.12 bits per heavy atom. The highest BCUT2D eigenvalue weighted by molar-refractivity contribution is 5.20. The number of rotatable bonds is 0. The lowest BCUT2D eigenvalue weighted by molar-refractivity contribution is -0.191. The Kier molecular flexibility index (Phi) is 2990. The van der Waals surface area contributed by atoms with E-state index in [0.29, 0.717) is 0 Å². The molecule has 0 aliphatic heterocycles. The van der Waals surface area contributed by atoms with Gasteiger partial charge < -0.3 is 10.9 Å². The van der Waals surface area contributed by atoms with E-state index in [1.165, 1.54) is 0 Å². The van der Waals surface area contributed by atoms with Crippen LogP contribution in [0.5, 0.6) is 0 Å². The minimum atomic E-state index is 0. The number of nitrogens with one attached hydrogen (secondary N) is 1. The molecule has 0 fully saturated rings. The van der Waals surface area contributed by atoms with Crippen LogP contribution in [0.3, 0.4) is 0 Å². The summed E-state index contributed by atoms with van der Waals surface area (Å²) >= 11 is 0. The zero-order chi connectivity index (χ0) is 6.71. The minimum Gasteiger partial charge on any atom is -0.344 e. The van der Waals surface area contributed by atoms with Crippen LogP contribution >= 0.6 is 0 Å². The average molecular weight is 122 g/mol. The largest absolute Gasteiger partial charge is 0.373 e. The number of hydrogen-bond donors (Lipinski definition) is 2. The van der Waals surface area contributed by atoms with E-state index >= 15 is 0 Å². The molecule has 0 atom stereocenters. The molecule has 0 radical (unpaired) electrons. The molecule has 6 heteroatoms. The monoisotopic (exact) mass is 122 g/mol. The van der Waals surface area contributed by atoms with E-state index in [9.17, 15) is 0 Å². The van der Waals surface area contributed by atoms with Gasteiger partial charge in [0.1, 0.15) is 6.79 Å². The van der Waals surface area contributed by atoms with Crippen molar-refractivity contribution in [3.8, 4) is 0 Å². The first-order valence-corrected chi connectivity index (χ1v) is 0.901. The normalized spacial score (nSPS) is 2.00. The Balaban J connectivity index is -0.0000000147. The third-order valence-corrected chi connectivity index (χ3v) is 0. The molecule has 0 amide bonds. The summed E-state index contributed by atoms with van der Waals surface area (Å²) in [7, 11) is 0. The standard InChI is InChI=1S/CO2.CH2O.HNO.H3N/c2-1-3;2*1-2;/h;1H2;1H;1H3. The first-order valence-electron chi connectivity index (χ1n) is 0.901. The molecule has 0 aliphatic rings. The van der Waals surface area contributed by atoms with Gasteiger partial charge in [0.15, 0.2) is 0 Å². The van der Waals surface area contributed by atoms with Gasteiger partial charge in [0.05, 0.1) is 0 Å². The molecular formula is C2H6N2O4. The summed E-state index contributed by atoms with van der Waals surface area (Å²) in [4.78, 5) is 31.8. The zero-order valence-corrected chi connectivity index (χ0v) is 4.05. The first-order chi connectivity index (χ1) is 3.41. The Morgan fingerprint density at radius 1 is 1.12 bits per heavy atom. The van der Waals surface area contributed by atoms with Gasteiger partial charge in [-0.3, -0.25) is 0 Å². The van der Waals surface area contributed by atoms with Crippen molar-refractivity contribution in [1.29, 1.82) is 5.59 Å². The van der Waals surface area contributed by atoms with E-state index in [1.54, 1.807) is 0 Å². The molecule has 0 bridgehead atoms. The number of carbonyl (C=O) groups excluding carboxylic acids is 3. The van der Waals surface area contributed by atoms with Gasteiger partial charge in [-0.2, -0.15) is 14.5 Å². The second kappa shape index (κ2) is 784. The van der Waals surface area contributed by atoms with E-state index < -0.39 is 0 Å². The molecule has 48 valence electrons. The van der Waals surface area contributed by atoms with Crippen molar-refractivity contribution >= 4 is 12.9 Å². The van der Waals surface area contributed by atoms with Crippen LogP contribution in [0.1, 0.15) is 0 Å². The molecule has 0 rings (SSSR count). The third kappa shape index (κ3) is 31.1. The molecule has 0 heterocycles. The van der Waals surface area contributed by atoms with Crippen molar-refractivity contribution in [2.24, 2.45) is 0 Å². The van der Waals surface area contributed by atoms with Crippen LogP contribution < -0.4 is 6.15 Å². The van der Waals surface area contributed by atoms with Gasteiger partial charge in [-0.1, -0.05) is 5.59 Å². The van der Waals surface area contributed by atoms with E-state index in [4.69, 9.17) is 19.3 Å². The van der Waals surface area contributed by atoms with Gasteiger partial charge in [-0.25, -0.2) is 0 Å². The highest BCUT2D eigenvalue weighted by atomic mass is 16.2. The maximum atomic E-state index is 8.12. The van der Waals surface area contributed by atoms with Gasteiger partial charge in [-0.05, 0) is 0 Å². The van der Waals surface area contributed by atoms with Gasteiger partial charge in [-0.15, -0.1) is 0 Å². The summed E-state index contributed by atoms with van der Waals surface area (Å²) in [5.74, 6) is 0. The van der Waals surface area contributed by atoms with Crippen LogP contribution in [-0.2, 0) is 14.4 Å². The average Bonchev–Trinajstić information content (AvgIpc) is 1.78. The van der Waals surface area contributed by atoms with Crippen LogP contribution in [0, 0.1) is 10.5 Å². The topological polar surface area (TPSA) is 127 Å². The smallest absolute Gasteiger partial charge is 0.344 e. The summed E-state index contributed by atoms with van der Waals surface area (Å²) in [5, 5.41) is 0. The van der Waals surface area contributed by atoms with Gasteiger partial charge in [0.2, 0.25) is 0 Å². The van der Waals surface area contributed by atoms with E-state index in [2.05, 4.69) is 5.59 Å². The van der Waals surface area contributed by atoms with E-state index in [-0.39, 0.29) is 12.3 Å². The molecule has 0 aromatic heterocycles. The molecule has 0 saturated heterocycles. The Hall–Kier alpha value is -1.39. The van der Waals surface area contributed by atoms with E-state index in [1.807, 2.05) is 6.79 Å². The fourth-order valence-corrected chi connectivity index (χ4v) is 0. The summed E-state index contributed by atoms with van der Waals surface area (Å²) in [5.41, 5.74) is 4.50. The maximum Gasteiger partial charge on any atom is 0.373 e. The molecule has 0 spiro atoms. The highest BCUT2D eigenvalue weighted by Crippen LogP contribution is 0.787. The summed E-state index contributed by atoms with van der Waals surface area (Å²) in [6, 6.07) is 0. The fourth-order valence-electron chi connectivity index (χ4n) is 0. The lowest BCUT2D eigenvalue weighted by Crippen LogP contribution is -1.22. The predicted octanol–water partition coefficient (Wildman–Crippen LogP) is -0.275. The van der Waals surface area contributed by atoms with Crippen LogP contribution in [0.25, 0.3) is 0 Å². The molecule has 6 nitrogen and oxygen atoms in total. The molecule has 4 N–H and O–H groups in total. The van der Waals surface area contributed by atoms with Crippen LogP contribution in [0.2, 0.25) is 0 Å². The zero-order valence-electron chi connectivity index (χ0n) is 4.05. The van der Waals surface area contributed by atoms with Gasteiger partial charge in [0.25, 0.3) is 0 Å². The van der Waals surface area contributed by atoms with E-state index in [0.717, 1.165) is 0 Å². The second-order valence-corrected chi connectivity index (χ2v) is 0.0833. The Bertz CT molecular complexity index is 48.0. The third-order valence-electron chi connectivity index (χ3n) is 0. The minimum absolute atomic E-state index is 0. The van der Waals surface area contributed by atoms with Gasteiger partial charge in [0, 0.05) is 0 Å². The maximum absolute atomic E-state index is 8.12. The predicted molar refractivity (Wildman–Crippen MR) is 23.2 cm³/mol. The second-order valence-electron chi connectivity index (χ2n) is 0.0833. The lowest BCUT2D eigenvalue weighted by Gasteiger charge is -0.945. The first kappa shape index (κ1) is 30.5. The number of hydrogen-bond acceptors (Lipinski definition) is 6. The van der Waals surface area contributed by atoms with Crippen molar-refractivity contribution in [3.63, 3.8) is 0 Å². The summed E-state index contributed by atoms with van der Waals surface area (Å²) in [6.45, 7) is 2.00. The Labute approximate surface area is 45.2 Å². The molecule has 0 unspecified atom stereocenters. The van der Waals surface area contributed by atoms with Crippen molar-refractivity contribution < 1.29 is 14.4 Å². The molecule has 0 saturated carbocycles.